The summed E-state index contributed by atoms with van der Waals surface area (Å²) in [6.07, 6.45) is 1.86. The van der Waals surface area contributed by atoms with Crippen LogP contribution in [0.1, 0.15) is 16.8 Å². The molecule has 7 heteroatoms. The molecular weight excluding hydrogens is 325 g/mol. The van der Waals surface area contributed by atoms with E-state index < -0.39 is 0 Å². The molecule has 0 aliphatic heterocycles. The molecule has 3 rings (SSSR count). The minimum Gasteiger partial charge on any atom is -0.483 e. The maximum atomic E-state index is 13.8. The van der Waals surface area contributed by atoms with Crippen LogP contribution in [0.25, 0.3) is 22.2 Å². The second kappa shape index (κ2) is 7.85. The van der Waals surface area contributed by atoms with Gasteiger partial charge in [0.25, 0.3) is 6.47 Å². The van der Waals surface area contributed by atoms with Crippen molar-refractivity contribution >= 4 is 17.4 Å². The Morgan fingerprint density at radius 1 is 1.20 bits per heavy atom. The lowest BCUT2D eigenvalue weighted by atomic mass is 10.0. The number of nitrogens with zero attached hydrogens (tertiary/aromatic N) is 3. The molecule has 0 atom stereocenters. The van der Waals surface area contributed by atoms with Gasteiger partial charge in [0.1, 0.15) is 5.82 Å². The van der Waals surface area contributed by atoms with Crippen molar-refractivity contribution < 1.29 is 19.4 Å². The number of benzene rings is 1. The first-order chi connectivity index (χ1) is 11.9. The number of aromatic nitrogens is 3. The van der Waals surface area contributed by atoms with Crippen molar-refractivity contribution in [2.75, 3.05) is 6.61 Å². The third-order valence-corrected chi connectivity index (χ3v) is 3.85. The number of halogens is 1. The Balaban J connectivity index is 0.000000701. The number of aryl methyl sites for hydroxylation is 3. The Morgan fingerprint density at radius 3 is 2.52 bits per heavy atom. The number of carboxylic acid groups (broad SMARTS) is 1. The zero-order chi connectivity index (χ0) is 18.6. The SMILES string of the molecule is Cc1cc2c(C)cc(-c3cn(CCO)nc3C)nc2cc1F.O=CO. The van der Waals surface area contributed by atoms with Crippen LogP contribution in [0.4, 0.5) is 4.39 Å². The zero-order valence-corrected chi connectivity index (χ0v) is 14.3. The lowest BCUT2D eigenvalue weighted by molar-refractivity contribution is -0.122. The number of hydrogen-bond donors (Lipinski definition) is 2. The molecular formula is C18H20FN3O3. The van der Waals surface area contributed by atoms with Crippen molar-refractivity contribution in [3.63, 3.8) is 0 Å². The number of rotatable bonds is 3. The standard InChI is InChI=1S/C17H18FN3O.CH2O2/c1-10-7-16(14-9-21(4-5-22)20-12(14)3)19-17-8-15(18)11(2)6-13(10)17;2-1-3/h6-9,22H,4-5H2,1-3H3;1H,(H,2,3). The summed E-state index contributed by atoms with van der Waals surface area (Å²) in [4.78, 5) is 12.9. The van der Waals surface area contributed by atoms with Gasteiger partial charge in [0, 0.05) is 23.2 Å². The second-order valence-electron chi connectivity index (χ2n) is 5.66. The summed E-state index contributed by atoms with van der Waals surface area (Å²) in [5, 5.41) is 21.2. The second-order valence-corrected chi connectivity index (χ2v) is 5.66. The molecule has 0 spiro atoms. The van der Waals surface area contributed by atoms with E-state index in [1.807, 2.05) is 32.2 Å². The van der Waals surface area contributed by atoms with Crippen LogP contribution in [-0.2, 0) is 11.3 Å². The Bertz CT molecular complexity index is 906. The van der Waals surface area contributed by atoms with Gasteiger partial charge in [-0.25, -0.2) is 9.37 Å². The molecule has 0 bridgehead atoms. The van der Waals surface area contributed by atoms with E-state index in [9.17, 15) is 4.39 Å². The smallest absolute Gasteiger partial charge is 0.290 e. The average molecular weight is 345 g/mol. The molecule has 2 aromatic heterocycles. The number of fused-ring (bicyclic) bond motifs is 1. The predicted octanol–water partition coefficient (Wildman–Crippen LogP) is 2.86. The first-order valence-electron chi connectivity index (χ1n) is 7.72. The van der Waals surface area contributed by atoms with E-state index in [2.05, 4.69) is 10.1 Å². The van der Waals surface area contributed by atoms with Gasteiger partial charge in [-0.1, -0.05) is 0 Å². The number of carbonyl (C=O) groups is 1. The monoisotopic (exact) mass is 345 g/mol. The molecule has 132 valence electrons. The maximum absolute atomic E-state index is 13.8. The number of hydrogen-bond acceptors (Lipinski definition) is 4. The molecule has 0 aliphatic rings. The summed E-state index contributed by atoms with van der Waals surface area (Å²) in [7, 11) is 0. The highest BCUT2D eigenvalue weighted by Crippen LogP contribution is 2.27. The van der Waals surface area contributed by atoms with E-state index in [0.717, 1.165) is 27.9 Å². The van der Waals surface area contributed by atoms with Crippen LogP contribution in [0.2, 0.25) is 0 Å². The molecule has 6 nitrogen and oxygen atoms in total. The summed E-state index contributed by atoms with van der Waals surface area (Å²) in [5.41, 5.74) is 4.84. The normalized spacial score (nSPS) is 10.4. The third kappa shape index (κ3) is 4.00. The fraction of sp³-hybridized carbons (Fsp3) is 0.278. The highest BCUT2D eigenvalue weighted by atomic mass is 19.1. The first kappa shape index (κ1) is 18.5. The third-order valence-electron chi connectivity index (χ3n) is 3.85. The topological polar surface area (TPSA) is 88.2 Å². The van der Waals surface area contributed by atoms with Gasteiger partial charge in [-0.3, -0.25) is 9.48 Å². The van der Waals surface area contributed by atoms with Gasteiger partial charge in [0.2, 0.25) is 0 Å². The van der Waals surface area contributed by atoms with Gasteiger partial charge in [0.15, 0.2) is 0 Å². The molecule has 0 saturated heterocycles. The molecule has 0 amide bonds. The van der Waals surface area contributed by atoms with Gasteiger partial charge in [-0.2, -0.15) is 5.10 Å². The van der Waals surface area contributed by atoms with Crippen molar-refractivity contribution in [3.8, 4) is 11.3 Å². The van der Waals surface area contributed by atoms with E-state index in [1.54, 1.807) is 11.6 Å². The minimum absolute atomic E-state index is 0.0369. The van der Waals surface area contributed by atoms with E-state index in [4.69, 9.17) is 15.0 Å². The Morgan fingerprint density at radius 2 is 1.88 bits per heavy atom. The highest BCUT2D eigenvalue weighted by molar-refractivity contribution is 5.85. The van der Waals surface area contributed by atoms with E-state index in [0.29, 0.717) is 17.6 Å². The van der Waals surface area contributed by atoms with Crippen molar-refractivity contribution in [1.29, 1.82) is 0 Å². The van der Waals surface area contributed by atoms with Crippen LogP contribution in [0.5, 0.6) is 0 Å². The van der Waals surface area contributed by atoms with Gasteiger partial charge in [-0.15, -0.1) is 0 Å². The summed E-state index contributed by atoms with van der Waals surface area (Å²) in [6.45, 7) is 5.89. The van der Waals surface area contributed by atoms with Gasteiger partial charge in [0.05, 0.1) is 30.1 Å². The van der Waals surface area contributed by atoms with Crippen LogP contribution in [0.15, 0.2) is 24.4 Å². The molecule has 0 unspecified atom stereocenters. The minimum atomic E-state index is -0.250. The van der Waals surface area contributed by atoms with Crippen LogP contribution >= 0.6 is 0 Å². The van der Waals surface area contributed by atoms with E-state index in [-0.39, 0.29) is 18.9 Å². The lowest BCUT2D eigenvalue weighted by Gasteiger charge is -2.07. The molecule has 0 saturated carbocycles. The van der Waals surface area contributed by atoms with Gasteiger partial charge < -0.3 is 10.2 Å². The first-order valence-corrected chi connectivity index (χ1v) is 7.72. The average Bonchev–Trinajstić information content (AvgIpc) is 2.91. The Hall–Kier alpha value is -2.80. The molecule has 3 aromatic rings. The molecule has 25 heavy (non-hydrogen) atoms. The zero-order valence-electron chi connectivity index (χ0n) is 14.3. The summed E-state index contributed by atoms with van der Waals surface area (Å²) < 4.78 is 15.5. The number of aliphatic hydroxyl groups excluding tert-OH is 1. The van der Waals surface area contributed by atoms with Crippen LogP contribution in [0, 0.1) is 26.6 Å². The molecule has 1 aromatic carbocycles. The molecule has 2 N–H and O–H groups in total. The maximum Gasteiger partial charge on any atom is 0.290 e. The fourth-order valence-electron chi connectivity index (χ4n) is 2.65. The molecule has 0 radical (unpaired) electrons. The van der Waals surface area contributed by atoms with E-state index in [1.165, 1.54) is 6.07 Å². The van der Waals surface area contributed by atoms with Crippen molar-refractivity contribution in [3.05, 3.63) is 47.0 Å². The number of pyridine rings is 1. The number of aliphatic hydroxyl groups is 1. The van der Waals surface area contributed by atoms with Gasteiger partial charge >= 0.3 is 0 Å². The summed E-state index contributed by atoms with van der Waals surface area (Å²) in [5.74, 6) is -0.246. The Labute approximate surface area is 144 Å². The van der Waals surface area contributed by atoms with Crippen LogP contribution in [0.3, 0.4) is 0 Å². The van der Waals surface area contributed by atoms with Crippen LogP contribution in [-0.4, -0.2) is 38.1 Å². The summed E-state index contributed by atoms with van der Waals surface area (Å²) >= 11 is 0. The highest BCUT2D eigenvalue weighted by Gasteiger charge is 2.12. The lowest BCUT2D eigenvalue weighted by Crippen LogP contribution is -2.02. The largest absolute Gasteiger partial charge is 0.483 e. The van der Waals surface area contributed by atoms with Crippen molar-refractivity contribution in [1.82, 2.24) is 14.8 Å². The van der Waals surface area contributed by atoms with Crippen LogP contribution < -0.4 is 0 Å². The van der Waals surface area contributed by atoms with E-state index >= 15 is 0 Å². The van der Waals surface area contributed by atoms with Crippen molar-refractivity contribution in [2.24, 2.45) is 0 Å². The van der Waals surface area contributed by atoms with Gasteiger partial charge in [-0.05, 0) is 44.0 Å². The quantitative estimate of drug-likeness (QED) is 0.713. The van der Waals surface area contributed by atoms with Crippen molar-refractivity contribution in [2.45, 2.75) is 27.3 Å². The molecule has 0 fully saturated rings. The molecule has 0 aliphatic carbocycles. The Kier molecular flexibility index (Phi) is 5.82. The predicted molar refractivity (Wildman–Crippen MR) is 92.9 cm³/mol. The summed E-state index contributed by atoms with van der Waals surface area (Å²) in [6, 6.07) is 5.31. The molecule has 2 heterocycles. The fourth-order valence-corrected chi connectivity index (χ4v) is 2.65.